The van der Waals surface area contributed by atoms with Gasteiger partial charge < -0.3 is 18.6 Å². The highest BCUT2D eigenvalue weighted by Crippen LogP contribution is 2.60. The fourth-order valence-electron chi connectivity index (χ4n) is 7.35. The Balaban J connectivity index is 1.54. The van der Waals surface area contributed by atoms with Gasteiger partial charge in [-0.15, -0.1) is 0 Å². The van der Waals surface area contributed by atoms with E-state index in [9.17, 15) is 9.59 Å². The lowest BCUT2D eigenvalue weighted by atomic mass is 9.74. The number of amides is 1. The van der Waals surface area contributed by atoms with E-state index in [1.165, 1.54) is 18.5 Å². The zero-order valence-corrected chi connectivity index (χ0v) is 23.4. The molecular weight excluding hydrogens is 500 g/mol. The van der Waals surface area contributed by atoms with Crippen molar-refractivity contribution in [2.75, 3.05) is 13.7 Å². The van der Waals surface area contributed by atoms with Gasteiger partial charge in [-0.3, -0.25) is 4.79 Å². The molecule has 40 heavy (non-hydrogen) atoms. The second-order valence-electron chi connectivity index (χ2n) is 11.2. The van der Waals surface area contributed by atoms with Crippen molar-refractivity contribution in [2.45, 2.75) is 57.0 Å². The molecule has 1 unspecified atom stereocenters. The monoisotopic (exact) mass is 536 g/mol. The minimum absolute atomic E-state index is 0.0824. The molecule has 6 heteroatoms. The molecule has 2 aromatic heterocycles. The number of aromatic nitrogens is 1. The van der Waals surface area contributed by atoms with Crippen LogP contribution in [0.25, 0.3) is 0 Å². The van der Waals surface area contributed by atoms with Crippen molar-refractivity contribution in [2.24, 2.45) is 5.92 Å². The van der Waals surface area contributed by atoms with Crippen LogP contribution in [-0.2, 0) is 28.9 Å². The maximum atomic E-state index is 14.2. The third kappa shape index (κ3) is 4.09. The molecule has 6 nitrogen and oxygen atoms in total. The first-order valence-electron chi connectivity index (χ1n) is 14.2. The molecule has 1 amide bonds. The van der Waals surface area contributed by atoms with Crippen LogP contribution in [0.1, 0.15) is 70.7 Å². The van der Waals surface area contributed by atoms with Crippen LogP contribution >= 0.6 is 0 Å². The van der Waals surface area contributed by atoms with E-state index in [4.69, 9.17) is 9.15 Å². The Bertz CT molecular complexity index is 1490. The van der Waals surface area contributed by atoms with Gasteiger partial charge in [-0.2, -0.15) is 0 Å². The number of methoxy groups -OCH3 is 1. The van der Waals surface area contributed by atoms with Crippen molar-refractivity contribution < 1.29 is 18.7 Å². The summed E-state index contributed by atoms with van der Waals surface area (Å²) in [5.74, 6) is 0.460. The van der Waals surface area contributed by atoms with E-state index in [1.807, 2.05) is 77.7 Å². The Kier molecular flexibility index (Phi) is 6.87. The number of carbonyl (C=O) groups is 2. The summed E-state index contributed by atoms with van der Waals surface area (Å²) in [6.45, 7) is 5.57. The summed E-state index contributed by atoms with van der Waals surface area (Å²) >= 11 is 0. The lowest BCUT2D eigenvalue weighted by molar-refractivity contribution is -0.153. The van der Waals surface area contributed by atoms with Gasteiger partial charge in [-0.05, 0) is 53.8 Å². The number of carbonyl (C=O) groups excluding carboxylic acids is 2. The van der Waals surface area contributed by atoms with Crippen LogP contribution in [0, 0.1) is 5.92 Å². The fraction of sp³-hybridized carbons (Fsp3) is 0.353. The van der Waals surface area contributed by atoms with Crippen LogP contribution in [0.3, 0.4) is 0 Å². The van der Waals surface area contributed by atoms with Crippen molar-refractivity contribution in [3.63, 3.8) is 0 Å². The summed E-state index contributed by atoms with van der Waals surface area (Å²) < 4.78 is 13.8. The van der Waals surface area contributed by atoms with Gasteiger partial charge >= 0.3 is 5.97 Å². The number of aryl methyl sites for hydroxylation is 1. The molecule has 0 spiro atoms. The van der Waals surface area contributed by atoms with Crippen LogP contribution < -0.4 is 0 Å². The van der Waals surface area contributed by atoms with Crippen molar-refractivity contribution in [1.82, 2.24) is 9.47 Å². The smallest absolute Gasteiger partial charge is 0.332 e. The highest BCUT2D eigenvalue weighted by Gasteiger charge is 2.65. The van der Waals surface area contributed by atoms with E-state index in [2.05, 4.69) is 24.5 Å². The first-order valence-corrected chi connectivity index (χ1v) is 14.2. The van der Waals surface area contributed by atoms with E-state index in [0.717, 1.165) is 29.7 Å². The molecule has 1 fully saturated rings. The van der Waals surface area contributed by atoms with Gasteiger partial charge in [0.25, 0.3) is 5.91 Å². The molecule has 1 aliphatic carbocycles. The van der Waals surface area contributed by atoms with Gasteiger partial charge in [0.15, 0.2) is 5.54 Å². The highest BCUT2D eigenvalue weighted by molar-refractivity contribution is 5.99. The van der Waals surface area contributed by atoms with Gasteiger partial charge in [0, 0.05) is 41.8 Å². The molecule has 3 heterocycles. The van der Waals surface area contributed by atoms with E-state index in [0.29, 0.717) is 25.1 Å². The first-order chi connectivity index (χ1) is 19.5. The summed E-state index contributed by atoms with van der Waals surface area (Å²) in [6, 6.07) is 25.5. The van der Waals surface area contributed by atoms with Crippen LogP contribution in [0.5, 0.6) is 0 Å². The van der Waals surface area contributed by atoms with Gasteiger partial charge in [0.05, 0.1) is 19.9 Å². The molecule has 2 aliphatic rings. The molecule has 6 rings (SSSR count). The zero-order valence-electron chi connectivity index (χ0n) is 23.4. The maximum absolute atomic E-state index is 14.2. The Morgan fingerprint density at radius 3 is 2.40 bits per heavy atom. The maximum Gasteiger partial charge on any atom is 0.332 e. The molecule has 0 radical (unpaired) electrons. The Hall–Kier alpha value is -4.06. The van der Waals surface area contributed by atoms with Crippen LogP contribution in [0.15, 0.2) is 89.5 Å². The van der Waals surface area contributed by atoms with Gasteiger partial charge in [-0.25, -0.2) is 4.79 Å². The fourth-order valence-corrected chi connectivity index (χ4v) is 7.35. The lowest BCUT2D eigenvalue weighted by Crippen LogP contribution is -2.58. The molecule has 0 N–H and O–H groups in total. The van der Waals surface area contributed by atoms with Crippen molar-refractivity contribution in [3.05, 3.63) is 119 Å². The van der Waals surface area contributed by atoms with E-state index in [-0.39, 0.29) is 29.6 Å². The van der Waals surface area contributed by atoms with Crippen molar-refractivity contribution >= 4 is 11.9 Å². The molecule has 4 aromatic rings. The number of esters is 1. The number of fused-ring (bicyclic) bond motifs is 3. The topological polar surface area (TPSA) is 64.7 Å². The molecular formula is C34H36N2O4. The summed E-state index contributed by atoms with van der Waals surface area (Å²) in [4.78, 5) is 30.2. The number of furan rings is 1. The van der Waals surface area contributed by atoms with E-state index < -0.39 is 5.54 Å². The molecule has 4 atom stereocenters. The first kappa shape index (κ1) is 26.2. The highest BCUT2D eigenvalue weighted by atomic mass is 16.5. The number of ether oxygens (including phenoxy) is 1. The lowest BCUT2D eigenvalue weighted by Gasteiger charge is -2.40. The standard InChI is InChI=1S/C34H36N2O4/c1-4-12-26-19-28-30-29(23(2)31(28)35(26)21-27-17-11-18-40-27)22-36(32(37)25-15-9-6-10-16-25)34(30,33(38)39-3)20-24-13-7-5-8-14-24/h5-11,13-19,23,29-30H,4,12,20-22H2,1-3H3/t23?,29-,30+,34+/m0/s1. The number of likely N-dealkylation sites (tertiary alicyclic amines) is 1. The Morgan fingerprint density at radius 2 is 1.75 bits per heavy atom. The average Bonchev–Trinajstić information content (AvgIpc) is 3.75. The third-order valence-corrected chi connectivity index (χ3v) is 9.00. The van der Waals surface area contributed by atoms with E-state index >= 15 is 0 Å². The summed E-state index contributed by atoms with van der Waals surface area (Å²) in [6.07, 6.45) is 4.04. The minimum Gasteiger partial charge on any atom is -0.467 e. The van der Waals surface area contributed by atoms with E-state index in [1.54, 1.807) is 6.26 Å². The van der Waals surface area contributed by atoms with Crippen molar-refractivity contribution in [3.8, 4) is 0 Å². The van der Waals surface area contributed by atoms with Gasteiger partial charge in [0.2, 0.25) is 0 Å². The quantitative estimate of drug-likeness (QED) is 0.251. The Labute approximate surface area is 235 Å². The third-order valence-electron chi connectivity index (χ3n) is 9.00. The van der Waals surface area contributed by atoms with Crippen LogP contribution in [0.2, 0.25) is 0 Å². The molecule has 2 aromatic carbocycles. The van der Waals surface area contributed by atoms with Crippen LogP contribution in [0.4, 0.5) is 0 Å². The number of nitrogens with zero attached hydrogens (tertiary/aromatic N) is 2. The predicted octanol–water partition coefficient (Wildman–Crippen LogP) is 6.21. The number of rotatable bonds is 8. The summed E-state index contributed by atoms with van der Waals surface area (Å²) in [7, 11) is 1.44. The van der Waals surface area contributed by atoms with Gasteiger partial charge in [0.1, 0.15) is 5.76 Å². The Morgan fingerprint density at radius 1 is 1.02 bits per heavy atom. The predicted molar refractivity (Wildman–Crippen MR) is 153 cm³/mol. The molecule has 1 saturated heterocycles. The number of benzene rings is 2. The summed E-state index contributed by atoms with van der Waals surface area (Å²) in [5, 5.41) is 0. The normalized spacial score (nSPS) is 23.2. The van der Waals surface area contributed by atoms with Crippen LogP contribution in [-0.4, -0.2) is 40.5 Å². The van der Waals surface area contributed by atoms with Crippen molar-refractivity contribution in [1.29, 1.82) is 0 Å². The second kappa shape index (κ2) is 10.5. The molecule has 1 aliphatic heterocycles. The summed E-state index contributed by atoms with van der Waals surface area (Å²) in [5.41, 5.74) is 4.07. The molecule has 206 valence electrons. The average molecular weight is 537 g/mol. The largest absolute Gasteiger partial charge is 0.467 e. The molecule has 0 bridgehead atoms. The minimum atomic E-state index is -1.17. The number of hydrogen-bond donors (Lipinski definition) is 0. The second-order valence-corrected chi connectivity index (χ2v) is 11.2. The molecule has 0 saturated carbocycles. The number of hydrogen-bond acceptors (Lipinski definition) is 4. The SMILES string of the molecule is CCCc1cc2c(n1Cc1ccco1)C(C)[C@@H]1CN(C(=O)c3ccccc3)[C@@](Cc3ccccc3)(C(=O)OC)[C@H]21. The zero-order chi connectivity index (χ0) is 27.9. The van der Waals surface area contributed by atoms with Gasteiger partial charge in [-0.1, -0.05) is 68.8 Å².